The Bertz CT molecular complexity index is 481. The van der Waals surface area contributed by atoms with Crippen LogP contribution < -0.4 is 10.6 Å². The topological polar surface area (TPSA) is 58.2 Å². The first-order chi connectivity index (χ1) is 11.2. The molecule has 1 aromatic carbocycles. The van der Waals surface area contributed by atoms with Crippen LogP contribution in [0.25, 0.3) is 0 Å². The zero-order valence-corrected chi connectivity index (χ0v) is 13.9. The molecule has 126 valence electrons. The lowest BCUT2D eigenvalue weighted by molar-refractivity contribution is -0.125. The summed E-state index contributed by atoms with van der Waals surface area (Å²) < 4.78 is 0. The third-order valence-electron chi connectivity index (χ3n) is 4.49. The SMILES string of the molecule is O=C(CNC(=O)Cc1ccccc1)NCCCC1CCCCC1. The minimum absolute atomic E-state index is 0.0646. The Morgan fingerprint density at radius 1 is 0.957 bits per heavy atom. The van der Waals surface area contributed by atoms with Crippen LogP contribution in [0.15, 0.2) is 30.3 Å². The number of benzene rings is 1. The number of hydrogen-bond acceptors (Lipinski definition) is 2. The molecule has 2 amide bonds. The number of carbonyl (C=O) groups is 2. The molecule has 2 N–H and O–H groups in total. The van der Waals surface area contributed by atoms with E-state index in [1.807, 2.05) is 30.3 Å². The van der Waals surface area contributed by atoms with E-state index in [9.17, 15) is 9.59 Å². The zero-order valence-electron chi connectivity index (χ0n) is 13.9. The minimum Gasteiger partial charge on any atom is -0.355 e. The third-order valence-corrected chi connectivity index (χ3v) is 4.49. The van der Waals surface area contributed by atoms with Crippen molar-refractivity contribution in [1.29, 1.82) is 0 Å². The summed E-state index contributed by atoms with van der Waals surface area (Å²) in [4.78, 5) is 23.5. The summed E-state index contributed by atoms with van der Waals surface area (Å²) in [6, 6.07) is 9.54. The highest BCUT2D eigenvalue weighted by Gasteiger charge is 2.13. The third kappa shape index (κ3) is 7.31. The molecular weight excluding hydrogens is 288 g/mol. The van der Waals surface area contributed by atoms with Gasteiger partial charge in [0.1, 0.15) is 0 Å². The molecule has 0 bridgehead atoms. The molecule has 0 spiro atoms. The van der Waals surface area contributed by atoms with Crippen molar-refractivity contribution in [1.82, 2.24) is 10.6 Å². The van der Waals surface area contributed by atoms with Crippen LogP contribution >= 0.6 is 0 Å². The Morgan fingerprint density at radius 2 is 1.70 bits per heavy atom. The van der Waals surface area contributed by atoms with Gasteiger partial charge >= 0.3 is 0 Å². The molecule has 4 heteroatoms. The van der Waals surface area contributed by atoms with Crippen molar-refractivity contribution < 1.29 is 9.59 Å². The lowest BCUT2D eigenvalue weighted by atomic mass is 9.86. The van der Waals surface area contributed by atoms with E-state index in [0.717, 1.165) is 17.9 Å². The number of rotatable bonds is 8. The first-order valence-electron chi connectivity index (χ1n) is 8.81. The van der Waals surface area contributed by atoms with Crippen LogP contribution in [0.4, 0.5) is 0 Å². The maximum absolute atomic E-state index is 11.8. The molecule has 0 atom stereocenters. The standard InChI is InChI=1S/C19H28N2O2/c22-18(14-17-10-5-2-6-11-17)21-15-19(23)20-13-7-12-16-8-3-1-4-9-16/h2,5-6,10-11,16H,1,3-4,7-9,12-15H2,(H,20,23)(H,21,22). The smallest absolute Gasteiger partial charge is 0.239 e. The van der Waals surface area contributed by atoms with Crippen molar-refractivity contribution in [2.45, 2.75) is 51.4 Å². The summed E-state index contributed by atoms with van der Waals surface area (Å²) in [5.74, 6) is 0.634. The van der Waals surface area contributed by atoms with E-state index in [1.54, 1.807) is 0 Å². The molecule has 1 aromatic rings. The lowest BCUT2D eigenvalue weighted by Gasteiger charge is -2.21. The van der Waals surface area contributed by atoms with E-state index in [0.29, 0.717) is 13.0 Å². The molecule has 0 saturated heterocycles. The summed E-state index contributed by atoms with van der Waals surface area (Å²) in [6.07, 6.45) is 9.38. The fourth-order valence-corrected chi connectivity index (χ4v) is 3.18. The molecule has 1 aliphatic rings. The summed E-state index contributed by atoms with van der Waals surface area (Å²) in [7, 11) is 0. The van der Waals surface area contributed by atoms with Crippen LogP contribution in [-0.2, 0) is 16.0 Å². The molecule has 1 fully saturated rings. The number of amides is 2. The second-order valence-corrected chi connectivity index (χ2v) is 6.44. The molecule has 2 rings (SSSR count). The van der Waals surface area contributed by atoms with Crippen LogP contribution in [-0.4, -0.2) is 24.9 Å². The molecule has 0 aliphatic heterocycles. The van der Waals surface area contributed by atoms with E-state index >= 15 is 0 Å². The van der Waals surface area contributed by atoms with E-state index < -0.39 is 0 Å². The highest BCUT2D eigenvalue weighted by Crippen LogP contribution is 2.26. The van der Waals surface area contributed by atoms with Gasteiger partial charge in [0, 0.05) is 6.54 Å². The van der Waals surface area contributed by atoms with Gasteiger partial charge in [0.15, 0.2) is 0 Å². The fraction of sp³-hybridized carbons (Fsp3) is 0.579. The first-order valence-corrected chi connectivity index (χ1v) is 8.81. The van der Waals surface area contributed by atoms with Gasteiger partial charge in [-0.05, 0) is 24.3 Å². The molecule has 4 nitrogen and oxygen atoms in total. The molecule has 0 unspecified atom stereocenters. The highest BCUT2D eigenvalue weighted by atomic mass is 16.2. The molecule has 0 aromatic heterocycles. The molecule has 1 saturated carbocycles. The van der Waals surface area contributed by atoms with E-state index in [2.05, 4.69) is 10.6 Å². The molecule has 23 heavy (non-hydrogen) atoms. The van der Waals surface area contributed by atoms with Crippen molar-refractivity contribution in [3.05, 3.63) is 35.9 Å². The van der Waals surface area contributed by atoms with Gasteiger partial charge in [0.2, 0.25) is 11.8 Å². The predicted octanol–water partition coefficient (Wildman–Crippen LogP) is 2.82. The molecule has 1 aliphatic carbocycles. The number of hydrogen-bond donors (Lipinski definition) is 2. The monoisotopic (exact) mass is 316 g/mol. The van der Waals surface area contributed by atoms with Crippen LogP contribution in [0.2, 0.25) is 0 Å². The molecular formula is C19H28N2O2. The second-order valence-electron chi connectivity index (χ2n) is 6.44. The summed E-state index contributed by atoms with van der Waals surface area (Å²) in [6.45, 7) is 0.777. The van der Waals surface area contributed by atoms with Gasteiger partial charge in [-0.2, -0.15) is 0 Å². The molecule has 0 heterocycles. The first kappa shape index (κ1) is 17.5. The summed E-state index contributed by atoms with van der Waals surface area (Å²) in [5, 5.41) is 5.56. The van der Waals surface area contributed by atoms with Crippen LogP contribution in [0, 0.1) is 5.92 Å². The Hall–Kier alpha value is -1.84. The Balaban J connectivity index is 1.51. The second kappa shape index (κ2) is 10.0. The van der Waals surface area contributed by atoms with Gasteiger partial charge in [0.05, 0.1) is 13.0 Å². The predicted molar refractivity (Wildman–Crippen MR) is 92.0 cm³/mol. The minimum atomic E-state index is -0.117. The zero-order chi connectivity index (χ0) is 16.3. The summed E-state index contributed by atoms with van der Waals surface area (Å²) in [5.41, 5.74) is 0.956. The quantitative estimate of drug-likeness (QED) is 0.725. The average molecular weight is 316 g/mol. The van der Waals surface area contributed by atoms with E-state index in [-0.39, 0.29) is 18.4 Å². The Labute approximate surface area is 139 Å². The van der Waals surface area contributed by atoms with Crippen molar-refractivity contribution in [2.24, 2.45) is 5.92 Å². The van der Waals surface area contributed by atoms with Gasteiger partial charge in [-0.1, -0.05) is 62.4 Å². The van der Waals surface area contributed by atoms with Gasteiger partial charge in [-0.3, -0.25) is 9.59 Å². The largest absolute Gasteiger partial charge is 0.355 e. The normalized spacial score (nSPS) is 15.1. The fourth-order valence-electron chi connectivity index (χ4n) is 3.18. The van der Waals surface area contributed by atoms with Crippen molar-refractivity contribution in [3.8, 4) is 0 Å². The van der Waals surface area contributed by atoms with Crippen LogP contribution in [0.5, 0.6) is 0 Å². The van der Waals surface area contributed by atoms with Gasteiger partial charge in [-0.15, -0.1) is 0 Å². The van der Waals surface area contributed by atoms with Crippen molar-refractivity contribution in [2.75, 3.05) is 13.1 Å². The van der Waals surface area contributed by atoms with Gasteiger partial charge < -0.3 is 10.6 Å². The van der Waals surface area contributed by atoms with E-state index in [1.165, 1.54) is 38.5 Å². The van der Waals surface area contributed by atoms with Crippen LogP contribution in [0.3, 0.4) is 0 Å². The van der Waals surface area contributed by atoms with Crippen molar-refractivity contribution in [3.63, 3.8) is 0 Å². The van der Waals surface area contributed by atoms with Gasteiger partial charge in [0.25, 0.3) is 0 Å². The Morgan fingerprint density at radius 3 is 2.43 bits per heavy atom. The maximum atomic E-state index is 11.8. The summed E-state index contributed by atoms with van der Waals surface area (Å²) >= 11 is 0. The average Bonchev–Trinajstić information content (AvgIpc) is 2.59. The number of carbonyl (C=O) groups excluding carboxylic acids is 2. The van der Waals surface area contributed by atoms with Gasteiger partial charge in [-0.25, -0.2) is 0 Å². The van der Waals surface area contributed by atoms with E-state index in [4.69, 9.17) is 0 Å². The highest BCUT2D eigenvalue weighted by molar-refractivity contribution is 5.85. The van der Waals surface area contributed by atoms with Crippen LogP contribution in [0.1, 0.15) is 50.5 Å². The molecule has 0 radical (unpaired) electrons. The maximum Gasteiger partial charge on any atom is 0.239 e. The van der Waals surface area contributed by atoms with Crippen molar-refractivity contribution >= 4 is 11.8 Å². The lowest BCUT2D eigenvalue weighted by Crippen LogP contribution is -2.38. The Kier molecular flexibility index (Phi) is 7.64. The number of nitrogens with one attached hydrogen (secondary N) is 2.